The summed E-state index contributed by atoms with van der Waals surface area (Å²) in [4.78, 5) is 31.5. The van der Waals surface area contributed by atoms with Crippen LogP contribution in [0.2, 0.25) is 0 Å². The Morgan fingerprint density at radius 3 is 2.40 bits per heavy atom. The molecule has 0 aliphatic carbocycles. The van der Waals surface area contributed by atoms with Gasteiger partial charge in [0, 0.05) is 45.2 Å². The predicted octanol–water partition coefficient (Wildman–Crippen LogP) is 3.86. The Balaban J connectivity index is 1.25. The SMILES string of the molecule is Cc1cccc(CN2CCN(C3CCN(C(=O)CCc4ccccc4)CC3)C2=O)c1. The van der Waals surface area contributed by atoms with Crippen LogP contribution in [0.1, 0.15) is 36.0 Å². The number of hydrogen-bond acceptors (Lipinski definition) is 2. The second-order valence-electron chi connectivity index (χ2n) is 8.48. The summed E-state index contributed by atoms with van der Waals surface area (Å²) in [5.41, 5.74) is 3.61. The highest BCUT2D eigenvalue weighted by molar-refractivity contribution is 5.78. The standard InChI is InChI=1S/C25H31N3O2/c1-20-6-5-9-22(18-20)19-27-16-17-28(25(27)30)23-12-14-26(15-13-23)24(29)11-10-21-7-3-2-4-8-21/h2-9,18,23H,10-17,19H2,1H3. The summed E-state index contributed by atoms with van der Waals surface area (Å²) in [7, 11) is 0. The molecule has 0 spiro atoms. The molecule has 0 atom stereocenters. The monoisotopic (exact) mass is 405 g/mol. The summed E-state index contributed by atoms with van der Waals surface area (Å²) < 4.78 is 0. The first kappa shape index (κ1) is 20.5. The van der Waals surface area contributed by atoms with Crippen LogP contribution in [0.5, 0.6) is 0 Å². The summed E-state index contributed by atoms with van der Waals surface area (Å²) in [6.45, 7) is 5.82. The van der Waals surface area contributed by atoms with Crippen molar-refractivity contribution in [3.8, 4) is 0 Å². The van der Waals surface area contributed by atoms with Gasteiger partial charge in [-0.25, -0.2) is 4.79 Å². The van der Waals surface area contributed by atoms with Crippen molar-refractivity contribution in [2.24, 2.45) is 0 Å². The fourth-order valence-electron chi connectivity index (χ4n) is 4.60. The van der Waals surface area contributed by atoms with Crippen molar-refractivity contribution in [3.05, 3.63) is 71.3 Å². The van der Waals surface area contributed by atoms with Crippen molar-refractivity contribution in [3.63, 3.8) is 0 Å². The molecule has 0 saturated carbocycles. The Labute approximate surface area is 179 Å². The van der Waals surface area contributed by atoms with Gasteiger partial charge in [-0.3, -0.25) is 4.79 Å². The maximum Gasteiger partial charge on any atom is 0.320 e. The summed E-state index contributed by atoms with van der Waals surface area (Å²) in [6.07, 6.45) is 3.10. The summed E-state index contributed by atoms with van der Waals surface area (Å²) in [5.74, 6) is 0.228. The lowest BCUT2D eigenvalue weighted by molar-refractivity contribution is -0.132. The number of rotatable bonds is 6. The van der Waals surface area contributed by atoms with Gasteiger partial charge in [0.15, 0.2) is 0 Å². The number of carbonyl (C=O) groups is 2. The Morgan fingerprint density at radius 1 is 0.933 bits per heavy atom. The van der Waals surface area contributed by atoms with Crippen LogP contribution in [0.4, 0.5) is 4.79 Å². The van der Waals surface area contributed by atoms with Crippen LogP contribution in [0, 0.1) is 6.92 Å². The molecule has 2 aromatic carbocycles. The largest absolute Gasteiger partial charge is 0.343 e. The molecule has 3 amide bonds. The Bertz CT molecular complexity index is 875. The van der Waals surface area contributed by atoms with Gasteiger partial charge >= 0.3 is 6.03 Å². The van der Waals surface area contributed by atoms with Crippen molar-refractivity contribution in [1.29, 1.82) is 0 Å². The average molecular weight is 406 g/mol. The highest BCUT2D eigenvalue weighted by Gasteiger charge is 2.35. The minimum absolute atomic E-state index is 0.144. The Morgan fingerprint density at radius 2 is 1.67 bits per heavy atom. The van der Waals surface area contributed by atoms with E-state index in [4.69, 9.17) is 0 Å². The van der Waals surface area contributed by atoms with E-state index in [0.717, 1.165) is 45.4 Å². The molecular formula is C25H31N3O2. The zero-order chi connectivity index (χ0) is 20.9. The molecule has 158 valence electrons. The number of hydrogen-bond donors (Lipinski definition) is 0. The third-order valence-corrected chi connectivity index (χ3v) is 6.31. The number of amides is 3. The normalized spacial score (nSPS) is 17.6. The Kier molecular flexibility index (Phi) is 6.36. The van der Waals surface area contributed by atoms with Crippen molar-refractivity contribution in [2.75, 3.05) is 26.2 Å². The van der Waals surface area contributed by atoms with Crippen LogP contribution in [-0.4, -0.2) is 58.9 Å². The van der Waals surface area contributed by atoms with Crippen molar-refractivity contribution in [1.82, 2.24) is 14.7 Å². The van der Waals surface area contributed by atoms with E-state index >= 15 is 0 Å². The van der Waals surface area contributed by atoms with E-state index in [1.165, 1.54) is 16.7 Å². The lowest BCUT2D eigenvalue weighted by Gasteiger charge is -2.36. The molecule has 5 nitrogen and oxygen atoms in total. The molecule has 0 bridgehead atoms. The highest BCUT2D eigenvalue weighted by atomic mass is 16.2. The number of urea groups is 1. The zero-order valence-corrected chi connectivity index (χ0v) is 17.8. The first-order valence-corrected chi connectivity index (χ1v) is 11.0. The molecule has 2 aliphatic heterocycles. The summed E-state index contributed by atoms with van der Waals surface area (Å²) >= 11 is 0. The second-order valence-corrected chi connectivity index (χ2v) is 8.48. The lowest BCUT2D eigenvalue weighted by atomic mass is 10.0. The van der Waals surface area contributed by atoms with Crippen LogP contribution in [0.25, 0.3) is 0 Å². The fraction of sp³-hybridized carbons (Fsp3) is 0.440. The maximum absolute atomic E-state index is 12.9. The van der Waals surface area contributed by atoms with Crippen molar-refractivity contribution < 1.29 is 9.59 Å². The number of likely N-dealkylation sites (tertiary alicyclic amines) is 1. The molecule has 30 heavy (non-hydrogen) atoms. The minimum Gasteiger partial charge on any atom is -0.343 e. The minimum atomic E-state index is 0.144. The molecule has 5 heteroatoms. The fourth-order valence-corrected chi connectivity index (χ4v) is 4.60. The molecular weight excluding hydrogens is 374 g/mol. The molecule has 2 heterocycles. The van der Waals surface area contributed by atoms with E-state index in [-0.39, 0.29) is 18.0 Å². The van der Waals surface area contributed by atoms with Crippen LogP contribution in [-0.2, 0) is 17.8 Å². The number of carbonyl (C=O) groups excluding carboxylic acids is 2. The Hall–Kier alpha value is -2.82. The van der Waals surface area contributed by atoms with Crippen molar-refractivity contribution >= 4 is 11.9 Å². The van der Waals surface area contributed by atoms with Gasteiger partial charge in [-0.15, -0.1) is 0 Å². The van der Waals surface area contributed by atoms with Crippen LogP contribution in [0.3, 0.4) is 0 Å². The highest BCUT2D eigenvalue weighted by Crippen LogP contribution is 2.23. The molecule has 0 radical (unpaired) electrons. The lowest BCUT2D eigenvalue weighted by Crippen LogP contribution is -2.48. The third-order valence-electron chi connectivity index (χ3n) is 6.31. The molecule has 2 aliphatic rings. The van der Waals surface area contributed by atoms with Gasteiger partial charge in [0.1, 0.15) is 0 Å². The average Bonchev–Trinajstić information content (AvgIpc) is 3.13. The van der Waals surface area contributed by atoms with E-state index in [1.807, 2.05) is 39.0 Å². The predicted molar refractivity (Wildman–Crippen MR) is 118 cm³/mol. The first-order valence-electron chi connectivity index (χ1n) is 11.0. The zero-order valence-electron chi connectivity index (χ0n) is 17.8. The summed E-state index contributed by atoms with van der Waals surface area (Å²) in [6, 6.07) is 18.9. The molecule has 2 aromatic rings. The van der Waals surface area contributed by atoms with Gasteiger partial charge in [0.25, 0.3) is 0 Å². The second kappa shape index (κ2) is 9.33. The maximum atomic E-state index is 12.9. The molecule has 0 aromatic heterocycles. The van der Waals surface area contributed by atoms with E-state index in [2.05, 4.69) is 37.3 Å². The molecule has 0 unspecified atom stereocenters. The van der Waals surface area contributed by atoms with Crippen molar-refractivity contribution in [2.45, 2.75) is 45.2 Å². The van der Waals surface area contributed by atoms with Gasteiger partial charge in [-0.2, -0.15) is 0 Å². The van der Waals surface area contributed by atoms with E-state index in [0.29, 0.717) is 13.0 Å². The van der Waals surface area contributed by atoms with Gasteiger partial charge in [-0.1, -0.05) is 60.2 Å². The molecule has 4 rings (SSSR count). The summed E-state index contributed by atoms with van der Waals surface area (Å²) in [5, 5.41) is 0. The van der Waals surface area contributed by atoms with Crippen LogP contribution < -0.4 is 0 Å². The number of piperidine rings is 1. The van der Waals surface area contributed by atoms with Crippen LogP contribution >= 0.6 is 0 Å². The third kappa shape index (κ3) is 4.84. The van der Waals surface area contributed by atoms with E-state index in [1.54, 1.807) is 0 Å². The van der Waals surface area contributed by atoms with Crippen LogP contribution in [0.15, 0.2) is 54.6 Å². The number of aryl methyl sites for hydroxylation is 2. The molecule has 0 N–H and O–H groups in total. The quantitative estimate of drug-likeness (QED) is 0.733. The van der Waals surface area contributed by atoms with Gasteiger partial charge in [0.2, 0.25) is 5.91 Å². The first-order chi connectivity index (χ1) is 14.6. The smallest absolute Gasteiger partial charge is 0.320 e. The van der Waals surface area contributed by atoms with E-state index < -0.39 is 0 Å². The van der Waals surface area contributed by atoms with Gasteiger partial charge < -0.3 is 14.7 Å². The van der Waals surface area contributed by atoms with Gasteiger partial charge in [-0.05, 0) is 37.3 Å². The molecule has 2 saturated heterocycles. The number of nitrogens with zero attached hydrogens (tertiary/aromatic N) is 3. The van der Waals surface area contributed by atoms with Gasteiger partial charge in [0.05, 0.1) is 0 Å². The number of benzene rings is 2. The molecule has 2 fully saturated rings. The van der Waals surface area contributed by atoms with E-state index in [9.17, 15) is 9.59 Å². The topological polar surface area (TPSA) is 43.9 Å².